The first-order valence-corrected chi connectivity index (χ1v) is 10.5. The second-order valence-electron chi connectivity index (χ2n) is 8.47. The number of amides is 1. The molecule has 150 valence electrons. The Morgan fingerprint density at radius 1 is 1.00 bits per heavy atom. The van der Waals surface area contributed by atoms with E-state index in [-0.39, 0.29) is 24.7 Å². The van der Waals surface area contributed by atoms with Gasteiger partial charge in [-0.15, -0.1) is 0 Å². The number of aliphatic carboxylic acids is 1. The molecular weight excluding hydrogens is 366 g/mol. The number of piperidine rings is 1. The van der Waals surface area contributed by atoms with Crippen LogP contribution in [0, 0.1) is 5.41 Å². The summed E-state index contributed by atoms with van der Waals surface area (Å²) >= 11 is 0. The highest BCUT2D eigenvalue weighted by Crippen LogP contribution is 2.53. The van der Waals surface area contributed by atoms with Crippen LogP contribution in [-0.4, -0.2) is 41.3 Å². The summed E-state index contributed by atoms with van der Waals surface area (Å²) in [5, 5.41) is 9.70. The molecule has 1 saturated carbocycles. The molecule has 1 heterocycles. The first kappa shape index (κ1) is 18.2. The number of carbonyl (C=O) groups excluding carboxylic acids is 1. The van der Waals surface area contributed by atoms with E-state index in [1.807, 2.05) is 24.3 Å². The van der Waals surface area contributed by atoms with Gasteiger partial charge in [-0.2, -0.15) is 0 Å². The van der Waals surface area contributed by atoms with E-state index >= 15 is 0 Å². The van der Waals surface area contributed by atoms with Crippen molar-refractivity contribution in [1.29, 1.82) is 0 Å². The molecule has 2 aromatic rings. The molecule has 1 saturated heterocycles. The van der Waals surface area contributed by atoms with Crippen molar-refractivity contribution in [2.24, 2.45) is 5.41 Å². The summed E-state index contributed by atoms with van der Waals surface area (Å²) in [5.74, 6) is -0.759. The van der Waals surface area contributed by atoms with E-state index in [1.165, 1.54) is 22.3 Å². The molecule has 5 heteroatoms. The van der Waals surface area contributed by atoms with Gasteiger partial charge in [0.05, 0.1) is 11.5 Å². The number of rotatable bonds is 4. The summed E-state index contributed by atoms with van der Waals surface area (Å²) in [6, 6.07) is 16.3. The van der Waals surface area contributed by atoms with Crippen molar-refractivity contribution in [3.05, 3.63) is 59.7 Å². The van der Waals surface area contributed by atoms with E-state index in [0.717, 1.165) is 19.3 Å². The van der Waals surface area contributed by atoms with Crippen LogP contribution in [0.3, 0.4) is 0 Å². The van der Waals surface area contributed by atoms with Crippen molar-refractivity contribution in [2.45, 2.75) is 44.1 Å². The third kappa shape index (κ3) is 2.91. The maximum Gasteiger partial charge on any atom is 0.410 e. The lowest BCUT2D eigenvalue weighted by Crippen LogP contribution is -2.51. The smallest absolute Gasteiger partial charge is 0.410 e. The zero-order valence-corrected chi connectivity index (χ0v) is 16.3. The molecular formula is C24H25NO4. The van der Waals surface area contributed by atoms with Crippen molar-refractivity contribution in [2.75, 3.05) is 13.2 Å². The van der Waals surface area contributed by atoms with Crippen molar-refractivity contribution in [1.82, 2.24) is 4.90 Å². The number of likely N-dealkylation sites (tertiary alicyclic amines) is 1. The fourth-order valence-corrected chi connectivity index (χ4v) is 5.23. The summed E-state index contributed by atoms with van der Waals surface area (Å²) in [5.41, 5.74) is 4.00. The SMILES string of the molecule is O=C(OCC1c2ccccc2-c2ccccc21)N1CCCCC1C1(C(=O)O)CC1. The van der Waals surface area contributed by atoms with Gasteiger partial charge in [0.25, 0.3) is 0 Å². The van der Waals surface area contributed by atoms with E-state index < -0.39 is 11.4 Å². The maximum atomic E-state index is 13.0. The third-order valence-electron chi connectivity index (χ3n) is 6.93. The van der Waals surface area contributed by atoms with Gasteiger partial charge in [-0.25, -0.2) is 4.79 Å². The van der Waals surface area contributed by atoms with Gasteiger partial charge in [0.15, 0.2) is 0 Å². The summed E-state index contributed by atoms with van der Waals surface area (Å²) in [6.45, 7) is 0.854. The second kappa shape index (κ2) is 6.90. The lowest BCUT2D eigenvalue weighted by Gasteiger charge is -2.38. The Morgan fingerprint density at radius 3 is 2.21 bits per heavy atom. The number of fused-ring (bicyclic) bond motifs is 3. The normalized spacial score (nSPS) is 21.9. The van der Waals surface area contributed by atoms with Crippen LogP contribution in [0.15, 0.2) is 48.5 Å². The monoisotopic (exact) mass is 391 g/mol. The first-order valence-electron chi connectivity index (χ1n) is 10.5. The Bertz CT molecular complexity index is 919. The lowest BCUT2D eigenvalue weighted by atomic mass is 9.88. The maximum absolute atomic E-state index is 13.0. The van der Waals surface area contributed by atoms with E-state index in [0.29, 0.717) is 19.4 Å². The summed E-state index contributed by atoms with van der Waals surface area (Å²) in [4.78, 5) is 26.5. The Kier molecular flexibility index (Phi) is 4.34. The predicted octanol–water partition coefficient (Wildman–Crippen LogP) is 4.65. The standard InChI is InChI=1S/C24H25NO4/c26-22(27)24(12-13-24)21-11-5-6-14-25(21)23(28)29-15-20-18-9-3-1-7-16(18)17-8-2-4-10-19(17)20/h1-4,7-10,20-21H,5-6,11-15H2,(H,26,27). The second-order valence-corrected chi connectivity index (χ2v) is 8.47. The van der Waals surface area contributed by atoms with Crippen LogP contribution in [-0.2, 0) is 9.53 Å². The zero-order chi connectivity index (χ0) is 20.0. The number of hydrogen-bond donors (Lipinski definition) is 1. The molecule has 0 bridgehead atoms. The fourth-order valence-electron chi connectivity index (χ4n) is 5.23. The zero-order valence-electron chi connectivity index (χ0n) is 16.3. The summed E-state index contributed by atoms with van der Waals surface area (Å²) < 4.78 is 5.81. The molecule has 2 aromatic carbocycles. The van der Waals surface area contributed by atoms with Gasteiger partial charge in [-0.3, -0.25) is 4.79 Å². The number of carboxylic acid groups (broad SMARTS) is 1. The number of nitrogens with zero attached hydrogens (tertiary/aromatic N) is 1. The van der Waals surface area contributed by atoms with Crippen molar-refractivity contribution in [3.63, 3.8) is 0 Å². The topological polar surface area (TPSA) is 66.8 Å². The van der Waals surface area contributed by atoms with Crippen LogP contribution in [0.1, 0.15) is 49.1 Å². The van der Waals surface area contributed by atoms with Crippen LogP contribution in [0.25, 0.3) is 11.1 Å². The average molecular weight is 391 g/mol. The molecule has 2 aliphatic carbocycles. The first-order chi connectivity index (χ1) is 14.1. The minimum Gasteiger partial charge on any atom is -0.481 e. The molecule has 29 heavy (non-hydrogen) atoms. The van der Waals surface area contributed by atoms with E-state index in [2.05, 4.69) is 24.3 Å². The van der Waals surface area contributed by atoms with E-state index in [1.54, 1.807) is 4.90 Å². The van der Waals surface area contributed by atoms with E-state index in [4.69, 9.17) is 4.74 Å². The summed E-state index contributed by atoms with van der Waals surface area (Å²) in [6.07, 6.45) is 3.55. The quantitative estimate of drug-likeness (QED) is 0.823. The van der Waals surface area contributed by atoms with Gasteiger partial charge in [0.1, 0.15) is 6.61 Å². The van der Waals surface area contributed by atoms with Gasteiger partial charge in [-0.1, -0.05) is 48.5 Å². The number of carboxylic acids is 1. The molecule has 1 atom stereocenters. The number of benzene rings is 2. The molecule has 3 aliphatic rings. The molecule has 1 N–H and O–H groups in total. The highest BCUT2D eigenvalue weighted by molar-refractivity contribution is 5.81. The molecule has 1 unspecified atom stereocenters. The van der Waals surface area contributed by atoms with Crippen LogP contribution in [0.5, 0.6) is 0 Å². The van der Waals surface area contributed by atoms with Crippen LogP contribution in [0.4, 0.5) is 4.79 Å². The van der Waals surface area contributed by atoms with Gasteiger partial charge in [0.2, 0.25) is 0 Å². The molecule has 5 nitrogen and oxygen atoms in total. The molecule has 2 fully saturated rings. The van der Waals surface area contributed by atoms with Crippen LogP contribution >= 0.6 is 0 Å². The summed E-state index contributed by atoms with van der Waals surface area (Å²) in [7, 11) is 0. The van der Waals surface area contributed by atoms with Crippen LogP contribution in [0.2, 0.25) is 0 Å². The molecule has 1 amide bonds. The molecule has 0 aromatic heterocycles. The molecule has 0 radical (unpaired) electrons. The Balaban J connectivity index is 1.35. The predicted molar refractivity (Wildman–Crippen MR) is 109 cm³/mol. The van der Waals surface area contributed by atoms with Gasteiger partial charge in [0, 0.05) is 12.5 Å². The highest BCUT2D eigenvalue weighted by atomic mass is 16.6. The number of hydrogen-bond acceptors (Lipinski definition) is 3. The lowest BCUT2D eigenvalue weighted by molar-refractivity contribution is -0.146. The minimum absolute atomic E-state index is 0.0175. The van der Waals surface area contributed by atoms with Gasteiger partial charge >= 0.3 is 12.1 Å². The Labute approximate surface area is 170 Å². The van der Waals surface area contributed by atoms with Gasteiger partial charge < -0.3 is 14.7 Å². The average Bonchev–Trinajstić information content (AvgIpc) is 3.51. The van der Waals surface area contributed by atoms with E-state index in [9.17, 15) is 14.7 Å². The van der Waals surface area contributed by atoms with Crippen LogP contribution < -0.4 is 0 Å². The van der Waals surface area contributed by atoms with Gasteiger partial charge in [-0.05, 0) is 54.4 Å². The van der Waals surface area contributed by atoms with Crippen molar-refractivity contribution in [3.8, 4) is 11.1 Å². The molecule has 0 spiro atoms. The number of carbonyl (C=O) groups is 2. The third-order valence-corrected chi connectivity index (χ3v) is 6.93. The van der Waals surface area contributed by atoms with Crippen molar-refractivity contribution >= 4 is 12.1 Å². The Morgan fingerprint density at radius 2 is 1.62 bits per heavy atom. The minimum atomic E-state index is -0.777. The molecule has 5 rings (SSSR count). The molecule has 1 aliphatic heterocycles. The largest absolute Gasteiger partial charge is 0.481 e. The number of ether oxygens (including phenoxy) is 1. The Hall–Kier alpha value is -2.82. The fraction of sp³-hybridized carbons (Fsp3) is 0.417. The highest BCUT2D eigenvalue weighted by Gasteiger charge is 2.59. The van der Waals surface area contributed by atoms with Crippen molar-refractivity contribution < 1.29 is 19.4 Å².